The molecule has 1 N–H and O–H groups in total. The van der Waals surface area contributed by atoms with Gasteiger partial charge in [-0.05, 0) is 35.4 Å². The molecule has 0 atom stereocenters. The summed E-state index contributed by atoms with van der Waals surface area (Å²) in [6, 6.07) is 15.6. The van der Waals surface area contributed by atoms with Gasteiger partial charge in [0.1, 0.15) is 0 Å². The number of carbonyl (C=O) groups is 1. The highest BCUT2D eigenvalue weighted by atomic mass is 79.9. The summed E-state index contributed by atoms with van der Waals surface area (Å²) in [7, 11) is 0. The van der Waals surface area contributed by atoms with E-state index < -0.39 is 0 Å². The number of carbonyl (C=O) groups excluding carboxylic acids is 1. The molecule has 0 spiro atoms. The van der Waals surface area contributed by atoms with Crippen LogP contribution in [0.4, 0.5) is 5.69 Å². The van der Waals surface area contributed by atoms with E-state index >= 15 is 0 Å². The van der Waals surface area contributed by atoms with Crippen LogP contribution in [0.2, 0.25) is 0 Å². The fourth-order valence-electron chi connectivity index (χ4n) is 1.77. The zero-order chi connectivity index (χ0) is 13.7. The minimum absolute atomic E-state index is 0.00942. The van der Waals surface area contributed by atoms with Gasteiger partial charge < -0.3 is 5.32 Å². The van der Waals surface area contributed by atoms with Crippen molar-refractivity contribution in [3.05, 3.63) is 64.1 Å². The van der Waals surface area contributed by atoms with Gasteiger partial charge in [0.15, 0.2) is 0 Å². The fraction of sp³-hybridized carbons (Fsp3) is 0.133. The summed E-state index contributed by atoms with van der Waals surface area (Å²) in [6.07, 6.45) is 0.373. The van der Waals surface area contributed by atoms with Gasteiger partial charge >= 0.3 is 0 Å². The Morgan fingerprint density at radius 1 is 1.05 bits per heavy atom. The number of benzene rings is 2. The van der Waals surface area contributed by atoms with E-state index in [1.54, 1.807) is 0 Å². The van der Waals surface area contributed by atoms with Crippen LogP contribution in [0.5, 0.6) is 0 Å². The first-order valence-electron chi connectivity index (χ1n) is 5.86. The van der Waals surface area contributed by atoms with Gasteiger partial charge in [0.2, 0.25) is 5.91 Å². The van der Waals surface area contributed by atoms with Crippen LogP contribution in [0.15, 0.2) is 53.0 Å². The third kappa shape index (κ3) is 4.48. The highest BCUT2D eigenvalue weighted by Crippen LogP contribution is 2.15. The van der Waals surface area contributed by atoms with Crippen LogP contribution in [0, 0.1) is 0 Å². The van der Waals surface area contributed by atoms with Gasteiger partial charge in [0.05, 0.1) is 6.42 Å². The third-order valence-corrected chi connectivity index (χ3v) is 3.76. The number of rotatable bonds is 4. The minimum Gasteiger partial charge on any atom is -0.326 e. The summed E-state index contributed by atoms with van der Waals surface area (Å²) in [5.41, 5.74) is 2.96. The number of hydrogen-bond acceptors (Lipinski definition) is 1. The van der Waals surface area contributed by atoms with Crippen LogP contribution < -0.4 is 5.32 Å². The lowest BCUT2D eigenvalue weighted by atomic mass is 10.1. The molecule has 1 amide bonds. The summed E-state index contributed by atoms with van der Waals surface area (Å²) in [5.74, 6) is -0.00942. The van der Waals surface area contributed by atoms with Crippen LogP contribution >= 0.6 is 31.9 Å². The number of halogens is 2. The van der Waals surface area contributed by atoms with Gasteiger partial charge in [-0.3, -0.25) is 4.79 Å². The van der Waals surface area contributed by atoms with Gasteiger partial charge in [-0.1, -0.05) is 56.1 Å². The molecule has 19 heavy (non-hydrogen) atoms. The van der Waals surface area contributed by atoms with Crippen molar-refractivity contribution in [3.8, 4) is 0 Å². The monoisotopic (exact) mass is 381 g/mol. The van der Waals surface area contributed by atoms with E-state index in [0.29, 0.717) is 6.42 Å². The number of anilines is 1. The predicted octanol–water partition coefficient (Wildman–Crippen LogP) is 4.53. The molecule has 0 fully saturated rings. The summed E-state index contributed by atoms with van der Waals surface area (Å²) >= 11 is 6.80. The maximum atomic E-state index is 12.0. The lowest BCUT2D eigenvalue weighted by Crippen LogP contribution is -2.14. The number of alkyl halides is 1. The van der Waals surface area contributed by atoms with Crippen molar-refractivity contribution in [1.82, 2.24) is 0 Å². The van der Waals surface area contributed by atoms with E-state index in [1.807, 2.05) is 48.5 Å². The zero-order valence-corrected chi connectivity index (χ0v) is 13.4. The summed E-state index contributed by atoms with van der Waals surface area (Å²) in [4.78, 5) is 12.0. The van der Waals surface area contributed by atoms with Crippen LogP contribution in [-0.2, 0) is 16.5 Å². The Labute approximate surface area is 129 Å². The molecule has 0 aliphatic heterocycles. The zero-order valence-electron chi connectivity index (χ0n) is 10.2. The Hall–Kier alpha value is -1.13. The van der Waals surface area contributed by atoms with E-state index in [1.165, 1.54) is 0 Å². The molecule has 0 radical (unpaired) electrons. The van der Waals surface area contributed by atoms with Crippen molar-refractivity contribution >= 4 is 43.5 Å². The average Bonchev–Trinajstić information content (AvgIpc) is 2.38. The number of amides is 1. The molecule has 0 bridgehead atoms. The lowest BCUT2D eigenvalue weighted by Gasteiger charge is -2.07. The summed E-state index contributed by atoms with van der Waals surface area (Å²) in [5, 5.41) is 3.69. The molecule has 0 heterocycles. The van der Waals surface area contributed by atoms with Gasteiger partial charge in [-0.2, -0.15) is 0 Å². The standard InChI is InChI=1S/C15H13Br2NO/c16-10-12-4-2-6-14(8-12)18-15(19)9-11-3-1-5-13(17)7-11/h1-8H,9-10H2,(H,18,19). The first-order chi connectivity index (χ1) is 9.17. The molecule has 2 rings (SSSR count). The SMILES string of the molecule is O=C(Cc1cccc(Br)c1)Nc1cccc(CBr)c1. The Morgan fingerprint density at radius 2 is 1.79 bits per heavy atom. The molecule has 2 aromatic rings. The van der Waals surface area contributed by atoms with E-state index in [0.717, 1.165) is 26.6 Å². The maximum Gasteiger partial charge on any atom is 0.228 e. The molecule has 0 aliphatic carbocycles. The summed E-state index contributed by atoms with van der Waals surface area (Å²) < 4.78 is 0.985. The quantitative estimate of drug-likeness (QED) is 0.773. The highest BCUT2D eigenvalue weighted by Gasteiger charge is 2.05. The van der Waals surface area contributed by atoms with Crippen LogP contribution in [0.3, 0.4) is 0 Å². The molecular weight excluding hydrogens is 370 g/mol. The Bertz CT molecular complexity index is 584. The van der Waals surface area contributed by atoms with Gasteiger partial charge in [0, 0.05) is 15.5 Å². The third-order valence-electron chi connectivity index (χ3n) is 2.62. The molecular formula is C15H13Br2NO. The molecule has 0 saturated heterocycles. The number of nitrogens with one attached hydrogen (secondary N) is 1. The van der Waals surface area contributed by atoms with Crippen molar-refractivity contribution in [2.24, 2.45) is 0 Å². The Kier molecular flexibility index (Phi) is 5.16. The van der Waals surface area contributed by atoms with Crippen molar-refractivity contribution < 1.29 is 4.79 Å². The van der Waals surface area contributed by atoms with Gasteiger partial charge in [-0.15, -0.1) is 0 Å². The average molecular weight is 383 g/mol. The van der Waals surface area contributed by atoms with Gasteiger partial charge in [-0.25, -0.2) is 0 Å². The molecule has 0 unspecified atom stereocenters. The second-order valence-corrected chi connectivity index (χ2v) is 5.67. The van der Waals surface area contributed by atoms with Crippen molar-refractivity contribution in [3.63, 3.8) is 0 Å². The van der Waals surface area contributed by atoms with Crippen molar-refractivity contribution in [2.75, 3.05) is 5.32 Å². The molecule has 2 nitrogen and oxygen atoms in total. The smallest absolute Gasteiger partial charge is 0.228 e. The topological polar surface area (TPSA) is 29.1 Å². The number of hydrogen-bond donors (Lipinski definition) is 1. The molecule has 98 valence electrons. The Balaban J connectivity index is 2.01. The lowest BCUT2D eigenvalue weighted by molar-refractivity contribution is -0.115. The first kappa shape index (κ1) is 14.3. The predicted molar refractivity (Wildman–Crippen MR) is 85.5 cm³/mol. The largest absolute Gasteiger partial charge is 0.326 e. The fourth-order valence-corrected chi connectivity index (χ4v) is 2.57. The second-order valence-electron chi connectivity index (χ2n) is 4.19. The molecule has 0 saturated carbocycles. The van der Waals surface area contributed by atoms with Gasteiger partial charge in [0.25, 0.3) is 0 Å². The van der Waals surface area contributed by atoms with Crippen molar-refractivity contribution in [2.45, 2.75) is 11.8 Å². The minimum atomic E-state index is -0.00942. The summed E-state index contributed by atoms with van der Waals surface area (Å²) in [6.45, 7) is 0. The highest BCUT2D eigenvalue weighted by molar-refractivity contribution is 9.10. The molecule has 4 heteroatoms. The first-order valence-corrected chi connectivity index (χ1v) is 7.78. The maximum absolute atomic E-state index is 12.0. The molecule has 2 aromatic carbocycles. The normalized spacial score (nSPS) is 10.2. The van der Waals surface area contributed by atoms with Crippen LogP contribution in [0.25, 0.3) is 0 Å². The van der Waals surface area contributed by atoms with Crippen molar-refractivity contribution in [1.29, 1.82) is 0 Å². The van der Waals surface area contributed by atoms with E-state index in [2.05, 4.69) is 37.2 Å². The molecule has 0 aromatic heterocycles. The van der Waals surface area contributed by atoms with Crippen LogP contribution in [0.1, 0.15) is 11.1 Å². The van der Waals surface area contributed by atoms with Crippen LogP contribution in [-0.4, -0.2) is 5.91 Å². The second kappa shape index (κ2) is 6.87. The molecule has 0 aliphatic rings. The van der Waals surface area contributed by atoms with E-state index in [9.17, 15) is 4.79 Å². The van der Waals surface area contributed by atoms with E-state index in [-0.39, 0.29) is 5.91 Å². The van der Waals surface area contributed by atoms with E-state index in [4.69, 9.17) is 0 Å². The Morgan fingerprint density at radius 3 is 2.53 bits per heavy atom.